The summed E-state index contributed by atoms with van der Waals surface area (Å²) in [4.78, 5) is 23.6. The van der Waals surface area contributed by atoms with Gasteiger partial charge in [-0.15, -0.1) is 0 Å². The van der Waals surface area contributed by atoms with E-state index in [1.165, 1.54) is 7.05 Å². The molecule has 1 aliphatic heterocycles. The van der Waals surface area contributed by atoms with E-state index in [4.69, 9.17) is 5.73 Å². The van der Waals surface area contributed by atoms with E-state index in [0.717, 1.165) is 13.1 Å². The Kier molecular flexibility index (Phi) is 3.21. The SMILES string of the molecule is CNC(=O)NC(=O)CN1CC(N)C1. The van der Waals surface area contributed by atoms with Gasteiger partial charge in [-0.3, -0.25) is 15.0 Å². The number of hydrogen-bond donors (Lipinski definition) is 3. The van der Waals surface area contributed by atoms with Crippen LogP contribution in [0.2, 0.25) is 0 Å². The van der Waals surface area contributed by atoms with Crippen molar-refractivity contribution in [3.8, 4) is 0 Å². The van der Waals surface area contributed by atoms with Gasteiger partial charge in [0.25, 0.3) is 0 Å². The molecule has 1 aliphatic rings. The molecule has 13 heavy (non-hydrogen) atoms. The Labute approximate surface area is 76.4 Å². The third kappa shape index (κ3) is 3.00. The van der Waals surface area contributed by atoms with E-state index >= 15 is 0 Å². The summed E-state index contributed by atoms with van der Waals surface area (Å²) < 4.78 is 0. The highest BCUT2D eigenvalue weighted by Gasteiger charge is 2.24. The topological polar surface area (TPSA) is 87.5 Å². The number of hydrogen-bond acceptors (Lipinski definition) is 4. The Hall–Kier alpha value is -1.14. The van der Waals surface area contributed by atoms with Crippen LogP contribution in [0.5, 0.6) is 0 Å². The molecule has 1 heterocycles. The first-order chi connectivity index (χ1) is 6.11. The van der Waals surface area contributed by atoms with Crippen LogP contribution in [0.3, 0.4) is 0 Å². The van der Waals surface area contributed by atoms with Crippen molar-refractivity contribution < 1.29 is 9.59 Å². The van der Waals surface area contributed by atoms with Crippen molar-refractivity contribution in [2.45, 2.75) is 6.04 Å². The monoisotopic (exact) mass is 186 g/mol. The fourth-order valence-corrected chi connectivity index (χ4v) is 1.17. The van der Waals surface area contributed by atoms with Crippen molar-refractivity contribution in [3.05, 3.63) is 0 Å². The molecule has 0 radical (unpaired) electrons. The van der Waals surface area contributed by atoms with Gasteiger partial charge in [-0.2, -0.15) is 0 Å². The minimum Gasteiger partial charge on any atom is -0.341 e. The molecule has 74 valence electrons. The van der Waals surface area contributed by atoms with Crippen molar-refractivity contribution in [2.24, 2.45) is 5.73 Å². The molecule has 0 saturated carbocycles. The number of likely N-dealkylation sites (tertiary alicyclic amines) is 1. The number of rotatable bonds is 2. The fraction of sp³-hybridized carbons (Fsp3) is 0.714. The van der Waals surface area contributed by atoms with Crippen molar-refractivity contribution in [2.75, 3.05) is 26.7 Å². The molecule has 0 bridgehead atoms. The normalized spacial score (nSPS) is 17.7. The average molecular weight is 186 g/mol. The third-order valence-electron chi connectivity index (χ3n) is 1.83. The first-order valence-electron chi connectivity index (χ1n) is 4.11. The molecule has 0 aliphatic carbocycles. The van der Waals surface area contributed by atoms with Gasteiger partial charge in [-0.25, -0.2) is 4.79 Å². The largest absolute Gasteiger partial charge is 0.341 e. The molecule has 6 nitrogen and oxygen atoms in total. The molecule has 6 heteroatoms. The van der Waals surface area contributed by atoms with Crippen LogP contribution in [-0.2, 0) is 4.79 Å². The van der Waals surface area contributed by atoms with Crippen LogP contribution in [0, 0.1) is 0 Å². The maximum Gasteiger partial charge on any atom is 0.321 e. The van der Waals surface area contributed by atoms with Crippen molar-refractivity contribution >= 4 is 11.9 Å². The molecule has 0 atom stereocenters. The molecule has 3 amide bonds. The zero-order valence-corrected chi connectivity index (χ0v) is 7.54. The first-order valence-corrected chi connectivity index (χ1v) is 4.11. The van der Waals surface area contributed by atoms with E-state index in [0.29, 0.717) is 0 Å². The van der Waals surface area contributed by atoms with E-state index < -0.39 is 6.03 Å². The molecular weight excluding hydrogens is 172 g/mol. The lowest BCUT2D eigenvalue weighted by molar-refractivity contribution is -0.122. The molecule has 0 aromatic heterocycles. The van der Waals surface area contributed by atoms with Crippen LogP contribution in [0.15, 0.2) is 0 Å². The standard InChI is InChI=1S/C7H14N4O2/c1-9-7(13)10-6(12)4-11-2-5(8)3-11/h5H,2-4,8H2,1H3,(H2,9,10,12,13). The molecule has 1 rings (SSSR count). The summed E-state index contributed by atoms with van der Waals surface area (Å²) in [5, 5.41) is 4.47. The van der Waals surface area contributed by atoms with Gasteiger partial charge in [0, 0.05) is 26.2 Å². The Morgan fingerprint density at radius 1 is 1.54 bits per heavy atom. The predicted octanol–water partition coefficient (Wildman–Crippen LogP) is -1.92. The van der Waals surface area contributed by atoms with Crippen LogP contribution in [0.4, 0.5) is 4.79 Å². The van der Waals surface area contributed by atoms with E-state index in [2.05, 4.69) is 10.6 Å². The summed E-state index contributed by atoms with van der Waals surface area (Å²) in [6.07, 6.45) is 0. The van der Waals surface area contributed by atoms with E-state index in [1.807, 2.05) is 4.90 Å². The number of urea groups is 1. The Balaban J connectivity index is 2.15. The van der Waals surface area contributed by atoms with Crippen molar-refractivity contribution in [1.29, 1.82) is 0 Å². The lowest BCUT2D eigenvalue weighted by Gasteiger charge is -2.35. The number of nitrogens with one attached hydrogen (secondary N) is 2. The van der Waals surface area contributed by atoms with Crippen LogP contribution in [-0.4, -0.2) is 49.6 Å². The molecule has 0 spiro atoms. The summed E-state index contributed by atoms with van der Waals surface area (Å²) >= 11 is 0. The number of amides is 3. The molecule has 4 N–H and O–H groups in total. The Morgan fingerprint density at radius 3 is 2.62 bits per heavy atom. The molecule has 0 unspecified atom stereocenters. The van der Waals surface area contributed by atoms with Gasteiger partial charge >= 0.3 is 6.03 Å². The third-order valence-corrected chi connectivity index (χ3v) is 1.83. The molecule has 0 aromatic carbocycles. The minimum atomic E-state index is -0.477. The van der Waals surface area contributed by atoms with E-state index in [-0.39, 0.29) is 18.5 Å². The zero-order valence-electron chi connectivity index (χ0n) is 7.54. The zero-order chi connectivity index (χ0) is 9.84. The second-order valence-corrected chi connectivity index (χ2v) is 3.08. The summed E-state index contributed by atoms with van der Waals surface area (Å²) in [7, 11) is 1.46. The number of imide groups is 1. The lowest BCUT2D eigenvalue weighted by Crippen LogP contribution is -2.58. The van der Waals surface area contributed by atoms with Gasteiger partial charge in [0.2, 0.25) is 5.91 Å². The van der Waals surface area contributed by atoms with Crippen molar-refractivity contribution in [1.82, 2.24) is 15.5 Å². The smallest absolute Gasteiger partial charge is 0.321 e. The van der Waals surface area contributed by atoms with Crippen LogP contribution < -0.4 is 16.4 Å². The van der Waals surface area contributed by atoms with Gasteiger partial charge in [0.1, 0.15) is 0 Å². The average Bonchev–Trinajstić information content (AvgIpc) is 2.01. The molecule has 1 fully saturated rings. The van der Waals surface area contributed by atoms with Gasteiger partial charge in [0.05, 0.1) is 6.54 Å². The molecular formula is C7H14N4O2. The predicted molar refractivity (Wildman–Crippen MR) is 47.0 cm³/mol. The van der Waals surface area contributed by atoms with Crippen LogP contribution in [0.25, 0.3) is 0 Å². The summed E-state index contributed by atoms with van der Waals surface area (Å²) in [6.45, 7) is 1.68. The number of carbonyl (C=O) groups excluding carboxylic acids is 2. The number of nitrogens with two attached hydrogens (primary N) is 1. The number of carbonyl (C=O) groups is 2. The molecule has 1 saturated heterocycles. The van der Waals surface area contributed by atoms with Gasteiger partial charge < -0.3 is 11.1 Å². The second-order valence-electron chi connectivity index (χ2n) is 3.08. The Morgan fingerprint density at radius 2 is 2.15 bits per heavy atom. The Bertz CT molecular complexity index is 213. The fourth-order valence-electron chi connectivity index (χ4n) is 1.17. The van der Waals surface area contributed by atoms with Crippen LogP contribution >= 0.6 is 0 Å². The minimum absolute atomic E-state index is 0.174. The highest BCUT2D eigenvalue weighted by Crippen LogP contribution is 2.02. The highest BCUT2D eigenvalue weighted by atomic mass is 16.2. The lowest BCUT2D eigenvalue weighted by atomic mass is 10.1. The quantitative estimate of drug-likeness (QED) is 0.469. The second kappa shape index (κ2) is 4.20. The number of nitrogens with zero attached hydrogens (tertiary/aromatic N) is 1. The maximum atomic E-state index is 11.1. The van der Waals surface area contributed by atoms with Gasteiger partial charge in [-0.05, 0) is 0 Å². The van der Waals surface area contributed by atoms with Gasteiger partial charge in [0.15, 0.2) is 0 Å². The summed E-state index contributed by atoms with van der Waals surface area (Å²) in [5.41, 5.74) is 5.52. The molecule has 0 aromatic rings. The maximum absolute atomic E-state index is 11.1. The van der Waals surface area contributed by atoms with Crippen LogP contribution in [0.1, 0.15) is 0 Å². The highest BCUT2D eigenvalue weighted by molar-refractivity contribution is 5.95. The van der Waals surface area contributed by atoms with E-state index in [1.54, 1.807) is 0 Å². The summed E-state index contributed by atoms with van der Waals surface area (Å²) in [6, 6.07) is -0.303. The van der Waals surface area contributed by atoms with Gasteiger partial charge in [-0.1, -0.05) is 0 Å². The first kappa shape index (κ1) is 9.94. The van der Waals surface area contributed by atoms with E-state index in [9.17, 15) is 9.59 Å². The summed E-state index contributed by atoms with van der Waals surface area (Å²) in [5.74, 6) is -0.300. The van der Waals surface area contributed by atoms with Crippen molar-refractivity contribution in [3.63, 3.8) is 0 Å².